The summed E-state index contributed by atoms with van der Waals surface area (Å²) < 4.78 is 12.5. The van der Waals surface area contributed by atoms with Gasteiger partial charge in [-0.25, -0.2) is 4.79 Å². The van der Waals surface area contributed by atoms with Crippen LogP contribution in [-0.4, -0.2) is 40.5 Å². The second kappa shape index (κ2) is 8.12. The Morgan fingerprint density at radius 2 is 2.07 bits per heavy atom. The van der Waals surface area contributed by atoms with Gasteiger partial charge in [-0.05, 0) is 44.7 Å². The maximum Gasteiger partial charge on any atom is 0.343 e. The highest BCUT2D eigenvalue weighted by molar-refractivity contribution is 5.95. The lowest BCUT2D eigenvalue weighted by molar-refractivity contribution is -0.138. The van der Waals surface area contributed by atoms with Crippen molar-refractivity contribution in [2.45, 2.75) is 45.6 Å². The Balaban J connectivity index is 1.73. The first kappa shape index (κ1) is 18.8. The number of hydrogen-bond acceptors (Lipinski definition) is 5. The van der Waals surface area contributed by atoms with E-state index in [0.717, 1.165) is 25.7 Å². The number of carbonyl (C=O) groups is 2. The van der Waals surface area contributed by atoms with Gasteiger partial charge in [0, 0.05) is 25.0 Å². The van der Waals surface area contributed by atoms with Crippen LogP contribution in [0.5, 0.6) is 0 Å². The smallest absolute Gasteiger partial charge is 0.343 e. The Bertz CT molecular complexity index is 861. The van der Waals surface area contributed by atoms with E-state index >= 15 is 0 Å². The van der Waals surface area contributed by atoms with Crippen LogP contribution in [0, 0.1) is 18.3 Å². The SMILES string of the molecule is CC[C@@H]1CCCCN1C(=O)COC(=O)c1c(C)oc(-n2cccc2)c1C#N. The molecule has 3 rings (SSSR count). The molecular weight excluding hydrogens is 346 g/mol. The van der Waals surface area contributed by atoms with Gasteiger partial charge in [0.1, 0.15) is 23.0 Å². The molecule has 0 N–H and O–H groups in total. The predicted octanol–water partition coefficient (Wildman–Crippen LogP) is 3.20. The van der Waals surface area contributed by atoms with E-state index in [-0.39, 0.29) is 41.3 Å². The van der Waals surface area contributed by atoms with E-state index < -0.39 is 5.97 Å². The van der Waals surface area contributed by atoms with Gasteiger partial charge >= 0.3 is 5.97 Å². The first-order valence-electron chi connectivity index (χ1n) is 9.20. The number of piperidine rings is 1. The fourth-order valence-corrected chi connectivity index (χ4v) is 3.57. The summed E-state index contributed by atoms with van der Waals surface area (Å²) >= 11 is 0. The molecule has 142 valence electrons. The van der Waals surface area contributed by atoms with Crippen LogP contribution in [-0.2, 0) is 9.53 Å². The first-order valence-corrected chi connectivity index (χ1v) is 9.20. The second-order valence-corrected chi connectivity index (χ2v) is 6.64. The third-order valence-electron chi connectivity index (χ3n) is 4.97. The molecule has 0 bridgehead atoms. The van der Waals surface area contributed by atoms with E-state index in [4.69, 9.17) is 9.15 Å². The monoisotopic (exact) mass is 369 g/mol. The molecule has 27 heavy (non-hydrogen) atoms. The Labute approximate surface area is 158 Å². The van der Waals surface area contributed by atoms with Gasteiger partial charge in [-0.15, -0.1) is 0 Å². The number of nitriles is 1. The van der Waals surface area contributed by atoms with Gasteiger partial charge in [-0.2, -0.15) is 5.26 Å². The van der Waals surface area contributed by atoms with E-state index in [0.29, 0.717) is 6.54 Å². The molecule has 1 atom stereocenters. The molecular formula is C20H23N3O4. The number of hydrogen-bond donors (Lipinski definition) is 0. The van der Waals surface area contributed by atoms with Crippen LogP contribution < -0.4 is 0 Å². The molecule has 0 aromatic carbocycles. The highest BCUT2D eigenvalue weighted by atomic mass is 16.5. The minimum Gasteiger partial charge on any atom is -0.452 e. The normalized spacial score (nSPS) is 16.8. The number of carbonyl (C=O) groups excluding carboxylic acids is 2. The summed E-state index contributed by atoms with van der Waals surface area (Å²) in [6, 6.07) is 5.80. The highest BCUT2D eigenvalue weighted by Crippen LogP contribution is 2.26. The summed E-state index contributed by atoms with van der Waals surface area (Å²) in [4.78, 5) is 26.8. The number of aryl methyl sites for hydroxylation is 1. The van der Waals surface area contributed by atoms with E-state index in [9.17, 15) is 14.9 Å². The maximum atomic E-state index is 12.6. The van der Waals surface area contributed by atoms with Gasteiger partial charge in [-0.1, -0.05) is 6.92 Å². The molecule has 7 heteroatoms. The molecule has 2 aromatic rings. The first-order chi connectivity index (χ1) is 13.1. The van der Waals surface area contributed by atoms with Gasteiger partial charge in [0.05, 0.1) is 0 Å². The van der Waals surface area contributed by atoms with Crippen molar-refractivity contribution < 1.29 is 18.7 Å². The quantitative estimate of drug-likeness (QED) is 0.755. The van der Waals surface area contributed by atoms with Crippen LogP contribution in [0.25, 0.3) is 5.88 Å². The molecule has 1 amide bonds. The molecule has 7 nitrogen and oxygen atoms in total. The minimum absolute atomic E-state index is 0.0692. The molecule has 0 spiro atoms. The van der Waals surface area contributed by atoms with Gasteiger partial charge < -0.3 is 14.1 Å². The molecule has 0 aliphatic carbocycles. The van der Waals surface area contributed by atoms with Crippen molar-refractivity contribution in [2.24, 2.45) is 0 Å². The van der Waals surface area contributed by atoms with Crippen molar-refractivity contribution in [1.82, 2.24) is 9.47 Å². The van der Waals surface area contributed by atoms with Crippen molar-refractivity contribution in [1.29, 1.82) is 5.26 Å². The van der Waals surface area contributed by atoms with Gasteiger partial charge in [0.15, 0.2) is 6.61 Å². The zero-order valence-electron chi connectivity index (χ0n) is 15.6. The molecule has 2 aromatic heterocycles. The number of likely N-dealkylation sites (tertiary alicyclic amines) is 1. The van der Waals surface area contributed by atoms with Crippen molar-refractivity contribution in [3.05, 3.63) is 41.4 Å². The largest absolute Gasteiger partial charge is 0.452 e. The zero-order valence-corrected chi connectivity index (χ0v) is 15.6. The molecule has 1 fully saturated rings. The van der Waals surface area contributed by atoms with Crippen LogP contribution in [0.15, 0.2) is 28.9 Å². The van der Waals surface area contributed by atoms with Crippen LogP contribution >= 0.6 is 0 Å². The number of rotatable bonds is 5. The van der Waals surface area contributed by atoms with E-state index in [2.05, 4.69) is 6.92 Å². The van der Waals surface area contributed by atoms with E-state index in [1.54, 1.807) is 40.9 Å². The molecule has 0 radical (unpaired) electrons. The van der Waals surface area contributed by atoms with Gasteiger partial charge in [0.25, 0.3) is 5.91 Å². The lowest BCUT2D eigenvalue weighted by Crippen LogP contribution is -2.45. The molecule has 0 saturated carbocycles. The van der Waals surface area contributed by atoms with Gasteiger partial charge in [0.2, 0.25) is 5.88 Å². The lowest BCUT2D eigenvalue weighted by Gasteiger charge is -2.35. The fourth-order valence-electron chi connectivity index (χ4n) is 3.57. The summed E-state index contributed by atoms with van der Waals surface area (Å²) in [6.45, 7) is 4.02. The summed E-state index contributed by atoms with van der Waals surface area (Å²) in [6.07, 6.45) is 7.40. The Hall–Kier alpha value is -3.01. The summed E-state index contributed by atoms with van der Waals surface area (Å²) in [5.74, 6) is -0.359. The van der Waals surface area contributed by atoms with Crippen molar-refractivity contribution in [3.63, 3.8) is 0 Å². The molecule has 1 aliphatic heterocycles. The van der Waals surface area contributed by atoms with Crippen LogP contribution in [0.1, 0.15) is 54.3 Å². The van der Waals surface area contributed by atoms with Gasteiger partial charge in [-0.3, -0.25) is 9.36 Å². The second-order valence-electron chi connectivity index (χ2n) is 6.64. The average molecular weight is 369 g/mol. The highest BCUT2D eigenvalue weighted by Gasteiger charge is 2.29. The molecule has 1 saturated heterocycles. The third-order valence-corrected chi connectivity index (χ3v) is 4.97. The van der Waals surface area contributed by atoms with Crippen molar-refractivity contribution in [3.8, 4) is 12.0 Å². The maximum absolute atomic E-state index is 12.6. The van der Waals surface area contributed by atoms with Crippen LogP contribution in [0.3, 0.4) is 0 Å². The summed E-state index contributed by atoms with van der Waals surface area (Å²) in [7, 11) is 0. The fraction of sp³-hybridized carbons (Fsp3) is 0.450. The number of furan rings is 1. The predicted molar refractivity (Wildman–Crippen MR) is 97.4 cm³/mol. The van der Waals surface area contributed by atoms with E-state index in [1.165, 1.54) is 0 Å². The van der Waals surface area contributed by atoms with Crippen LogP contribution in [0.4, 0.5) is 0 Å². The third kappa shape index (κ3) is 3.75. The van der Waals surface area contributed by atoms with Crippen molar-refractivity contribution in [2.75, 3.05) is 13.2 Å². The number of esters is 1. The van der Waals surface area contributed by atoms with Crippen molar-refractivity contribution >= 4 is 11.9 Å². The number of aromatic nitrogens is 1. The van der Waals surface area contributed by atoms with E-state index in [1.807, 2.05) is 6.07 Å². The lowest BCUT2D eigenvalue weighted by atomic mass is 10.00. The number of ether oxygens (including phenoxy) is 1. The minimum atomic E-state index is -0.718. The Morgan fingerprint density at radius 1 is 1.33 bits per heavy atom. The molecule has 1 aliphatic rings. The summed E-state index contributed by atoms with van der Waals surface area (Å²) in [5.41, 5.74) is 0.172. The molecule has 0 unspecified atom stereocenters. The molecule has 3 heterocycles. The number of amides is 1. The topological polar surface area (TPSA) is 88.5 Å². The standard InChI is InChI=1S/C20H23N3O4/c1-3-15-8-4-5-11-23(15)17(24)13-26-20(25)18-14(2)27-19(16(18)12-21)22-9-6-7-10-22/h6-7,9-10,15H,3-5,8,11,13H2,1-2H3/t15-/m1/s1. The zero-order chi connectivity index (χ0) is 19.4. The van der Waals surface area contributed by atoms with Crippen LogP contribution in [0.2, 0.25) is 0 Å². The summed E-state index contributed by atoms with van der Waals surface area (Å²) in [5, 5.41) is 9.50. The Morgan fingerprint density at radius 3 is 2.74 bits per heavy atom. The number of nitrogens with zero attached hydrogens (tertiary/aromatic N) is 3. The Kier molecular flexibility index (Phi) is 5.65. The average Bonchev–Trinajstić information content (AvgIpc) is 3.33.